The van der Waals surface area contributed by atoms with E-state index >= 15 is 0 Å². The fourth-order valence-electron chi connectivity index (χ4n) is 1.86. The molecule has 4 nitrogen and oxygen atoms in total. The van der Waals surface area contributed by atoms with Gasteiger partial charge in [0.1, 0.15) is 0 Å². The first kappa shape index (κ1) is 16.7. The van der Waals surface area contributed by atoms with E-state index in [1.54, 1.807) is 0 Å². The maximum Gasteiger partial charge on any atom is 0.221 e. The van der Waals surface area contributed by atoms with Crippen LogP contribution in [0.25, 0.3) is 0 Å². The first-order chi connectivity index (χ1) is 9.74. The summed E-state index contributed by atoms with van der Waals surface area (Å²) in [7, 11) is 0. The van der Waals surface area contributed by atoms with Crippen molar-refractivity contribution in [3.05, 3.63) is 29.8 Å². The number of rotatable bonds is 10. The molecule has 0 heterocycles. The van der Waals surface area contributed by atoms with Crippen LogP contribution in [0.3, 0.4) is 0 Å². The Bertz CT molecular complexity index is 394. The number of hydrogen-bond donors (Lipinski definition) is 2. The van der Waals surface area contributed by atoms with Gasteiger partial charge in [-0.3, -0.25) is 4.79 Å². The molecule has 1 aromatic carbocycles. The summed E-state index contributed by atoms with van der Waals surface area (Å²) in [6, 6.07) is 7.86. The number of anilines is 1. The van der Waals surface area contributed by atoms with E-state index in [9.17, 15) is 4.79 Å². The van der Waals surface area contributed by atoms with Crippen LogP contribution in [-0.2, 0) is 16.1 Å². The number of unbranched alkanes of at least 4 members (excludes halogenated alkanes) is 1. The molecule has 112 valence electrons. The molecular formula is C16H26N2O2. The highest BCUT2D eigenvalue weighted by Gasteiger charge is 2.02. The van der Waals surface area contributed by atoms with Gasteiger partial charge in [-0.15, -0.1) is 0 Å². The molecule has 0 radical (unpaired) electrons. The average molecular weight is 278 g/mol. The van der Waals surface area contributed by atoms with Crippen LogP contribution in [0.4, 0.5) is 5.69 Å². The van der Waals surface area contributed by atoms with Gasteiger partial charge in [0.2, 0.25) is 5.91 Å². The molecule has 0 aliphatic rings. The van der Waals surface area contributed by atoms with Crippen LogP contribution >= 0.6 is 0 Å². The van der Waals surface area contributed by atoms with Gasteiger partial charge in [0.05, 0.1) is 0 Å². The smallest absolute Gasteiger partial charge is 0.221 e. The van der Waals surface area contributed by atoms with Gasteiger partial charge in [-0.25, -0.2) is 0 Å². The Balaban J connectivity index is 2.20. The van der Waals surface area contributed by atoms with Gasteiger partial charge in [-0.2, -0.15) is 0 Å². The fraction of sp³-hybridized carbons (Fsp3) is 0.562. The Morgan fingerprint density at radius 2 is 1.95 bits per heavy atom. The second-order valence-electron chi connectivity index (χ2n) is 4.83. The summed E-state index contributed by atoms with van der Waals surface area (Å²) >= 11 is 0. The summed E-state index contributed by atoms with van der Waals surface area (Å²) < 4.78 is 5.51. The quantitative estimate of drug-likeness (QED) is 0.647. The number of benzene rings is 1. The number of nitrogens with one attached hydrogen (secondary N) is 2. The van der Waals surface area contributed by atoms with Crippen molar-refractivity contribution in [1.29, 1.82) is 0 Å². The monoisotopic (exact) mass is 278 g/mol. The van der Waals surface area contributed by atoms with Gasteiger partial charge >= 0.3 is 0 Å². The van der Waals surface area contributed by atoms with Gasteiger partial charge in [0, 0.05) is 32.4 Å². The Morgan fingerprint density at radius 1 is 1.20 bits per heavy atom. The SMILES string of the molecule is CCCCOCCCNCc1ccccc1NC(C)=O. The number of hydrogen-bond acceptors (Lipinski definition) is 3. The van der Waals surface area contributed by atoms with Crippen LogP contribution in [0, 0.1) is 0 Å². The first-order valence-electron chi connectivity index (χ1n) is 7.38. The molecule has 1 aromatic rings. The molecule has 0 fully saturated rings. The highest BCUT2D eigenvalue weighted by Crippen LogP contribution is 2.14. The summed E-state index contributed by atoms with van der Waals surface area (Å²) in [5, 5.41) is 6.22. The number of ether oxygens (including phenoxy) is 1. The normalized spacial score (nSPS) is 10.5. The van der Waals surface area contributed by atoms with E-state index < -0.39 is 0 Å². The fourth-order valence-corrected chi connectivity index (χ4v) is 1.86. The minimum atomic E-state index is -0.0400. The lowest BCUT2D eigenvalue weighted by molar-refractivity contribution is -0.114. The molecule has 0 aliphatic heterocycles. The number of carbonyl (C=O) groups is 1. The van der Waals surface area contributed by atoms with Crippen molar-refractivity contribution in [3.8, 4) is 0 Å². The van der Waals surface area contributed by atoms with Crippen LogP contribution < -0.4 is 10.6 Å². The lowest BCUT2D eigenvalue weighted by Gasteiger charge is -2.11. The Kier molecular flexibility index (Phi) is 8.67. The van der Waals surface area contributed by atoms with E-state index in [2.05, 4.69) is 17.6 Å². The van der Waals surface area contributed by atoms with Gasteiger partial charge in [-0.1, -0.05) is 31.5 Å². The zero-order valence-corrected chi connectivity index (χ0v) is 12.6. The number of carbonyl (C=O) groups excluding carboxylic acids is 1. The van der Waals surface area contributed by atoms with Crippen molar-refractivity contribution in [2.45, 2.75) is 39.7 Å². The molecule has 2 N–H and O–H groups in total. The third kappa shape index (κ3) is 7.26. The Hall–Kier alpha value is -1.39. The van der Waals surface area contributed by atoms with Crippen LogP contribution in [0.1, 0.15) is 38.7 Å². The molecule has 1 amide bonds. The Morgan fingerprint density at radius 3 is 2.70 bits per heavy atom. The van der Waals surface area contributed by atoms with Crippen molar-refractivity contribution in [2.24, 2.45) is 0 Å². The molecule has 0 atom stereocenters. The van der Waals surface area contributed by atoms with Crippen LogP contribution in [0.2, 0.25) is 0 Å². The van der Waals surface area contributed by atoms with E-state index in [0.717, 1.165) is 50.4 Å². The zero-order valence-electron chi connectivity index (χ0n) is 12.6. The topological polar surface area (TPSA) is 50.4 Å². The minimum absolute atomic E-state index is 0.0400. The first-order valence-corrected chi connectivity index (χ1v) is 7.38. The van der Waals surface area contributed by atoms with Gasteiger partial charge in [-0.05, 0) is 31.0 Å². The number of amides is 1. The van der Waals surface area contributed by atoms with E-state index in [1.165, 1.54) is 13.3 Å². The van der Waals surface area contributed by atoms with Crippen LogP contribution in [0.15, 0.2) is 24.3 Å². The third-order valence-electron chi connectivity index (χ3n) is 2.93. The Labute approximate surface area is 121 Å². The molecule has 0 saturated heterocycles. The molecule has 0 spiro atoms. The third-order valence-corrected chi connectivity index (χ3v) is 2.93. The molecule has 0 aromatic heterocycles. The molecule has 1 rings (SSSR count). The lowest BCUT2D eigenvalue weighted by atomic mass is 10.1. The maximum absolute atomic E-state index is 11.1. The van der Waals surface area contributed by atoms with Crippen LogP contribution in [0.5, 0.6) is 0 Å². The summed E-state index contributed by atoms with van der Waals surface area (Å²) in [6.45, 7) is 7.03. The standard InChI is InChI=1S/C16H26N2O2/c1-3-4-11-20-12-7-10-17-13-15-8-5-6-9-16(15)18-14(2)19/h5-6,8-9,17H,3-4,7,10-13H2,1-2H3,(H,18,19). The molecule has 0 aliphatic carbocycles. The van der Waals surface area contributed by atoms with Gasteiger partial charge in [0.25, 0.3) is 0 Å². The van der Waals surface area contributed by atoms with Gasteiger partial charge < -0.3 is 15.4 Å². The predicted molar refractivity (Wildman–Crippen MR) is 82.8 cm³/mol. The van der Waals surface area contributed by atoms with E-state index in [1.807, 2.05) is 24.3 Å². The zero-order chi connectivity index (χ0) is 14.6. The second kappa shape index (κ2) is 10.4. The van der Waals surface area contributed by atoms with Crippen molar-refractivity contribution >= 4 is 11.6 Å². The second-order valence-corrected chi connectivity index (χ2v) is 4.83. The van der Waals surface area contributed by atoms with E-state index in [-0.39, 0.29) is 5.91 Å². The minimum Gasteiger partial charge on any atom is -0.381 e. The highest BCUT2D eigenvalue weighted by molar-refractivity contribution is 5.89. The molecule has 0 bridgehead atoms. The average Bonchev–Trinajstić information content (AvgIpc) is 2.43. The highest BCUT2D eigenvalue weighted by atomic mass is 16.5. The largest absolute Gasteiger partial charge is 0.381 e. The summed E-state index contributed by atoms with van der Waals surface area (Å²) in [6.07, 6.45) is 3.32. The van der Waals surface area contributed by atoms with Crippen molar-refractivity contribution < 1.29 is 9.53 Å². The van der Waals surface area contributed by atoms with Crippen molar-refractivity contribution in [1.82, 2.24) is 5.32 Å². The van der Waals surface area contributed by atoms with Crippen molar-refractivity contribution in [3.63, 3.8) is 0 Å². The van der Waals surface area contributed by atoms with Crippen molar-refractivity contribution in [2.75, 3.05) is 25.1 Å². The lowest BCUT2D eigenvalue weighted by Crippen LogP contribution is -2.18. The molecule has 0 saturated carbocycles. The summed E-state index contributed by atoms with van der Waals surface area (Å²) in [5.74, 6) is -0.0400. The van der Waals surface area contributed by atoms with E-state index in [0.29, 0.717) is 0 Å². The number of para-hydroxylation sites is 1. The van der Waals surface area contributed by atoms with Gasteiger partial charge in [0.15, 0.2) is 0 Å². The van der Waals surface area contributed by atoms with Crippen LogP contribution in [-0.4, -0.2) is 25.7 Å². The molecular weight excluding hydrogens is 252 g/mol. The summed E-state index contributed by atoms with van der Waals surface area (Å²) in [4.78, 5) is 11.1. The molecule has 20 heavy (non-hydrogen) atoms. The summed E-state index contributed by atoms with van der Waals surface area (Å²) in [5.41, 5.74) is 1.99. The molecule has 4 heteroatoms. The predicted octanol–water partition coefficient (Wildman–Crippen LogP) is 2.94. The molecule has 0 unspecified atom stereocenters. The maximum atomic E-state index is 11.1. The van der Waals surface area contributed by atoms with E-state index in [4.69, 9.17) is 4.74 Å².